The van der Waals surface area contributed by atoms with Crippen LogP contribution in [0.4, 0.5) is 0 Å². The molecule has 19 heavy (non-hydrogen) atoms. The average molecular weight is 283 g/mol. The topological polar surface area (TPSA) is 83.5 Å². The summed E-state index contributed by atoms with van der Waals surface area (Å²) >= 11 is 0. The van der Waals surface area contributed by atoms with Gasteiger partial charge in [0.15, 0.2) is 0 Å². The number of nitrogens with one attached hydrogen (secondary N) is 1. The summed E-state index contributed by atoms with van der Waals surface area (Å²) in [4.78, 5) is 21.7. The molecule has 0 aliphatic heterocycles. The van der Waals surface area contributed by atoms with Gasteiger partial charge < -0.3 is 10.4 Å². The van der Waals surface area contributed by atoms with Crippen LogP contribution in [0, 0.1) is 0 Å². The Balaban J connectivity index is 2.45. The molecule has 0 saturated heterocycles. The van der Waals surface area contributed by atoms with Gasteiger partial charge in [-0.25, -0.2) is 4.79 Å². The minimum absolute atomic E-state index is 0.0677. The molecule has 2 N–H and O–H groups in total. The van der Waals surface area contributed by atoms with Gasteiger partial charge in [0.2, 0.25) is 5.91 Å². The fraction of sp³-hybridized carbons (Fsp3) is 0.385. The highest BCUT2D eigenvalue weighted by molar-refractivity contribution is 7.85. The summed E-state index contributed by atoms with van der Waals surface area (Å²) in [6.07, 6.45) is 0.625. The molecule has 0 radical (unpaired) electrons. The van der Waals surface area contributed by atoms with Crippen molar-refractivity contribution < 1.29 is 18.9 Å². The van der Waals surface area contributed by atoms with Crippen LogP contribution in [0.25, 0.3) is 0 Å². The van der Waals surface area contributed by atoms with Gasteiger partial charge in [-0.05, 0) is 12.0 Å². The third kappa shape index (κ3) is 6.15. The average Bonchev–Trinajstić information content (AvgIpc) is 2.36. The van der Waals surface area contributed by atoms with Crippen LogP contribution in [0.2, 0.25) is 0 Å². The summed E-state index contributed by atoms with van der Waals surface area (Å²) in [6.45, 7) is 1.24. The van der Waals surface area contributed by atoms with Crippen LogP contribution < -0.4 is 5.32 Å². The van der Waals surface area contributed by atoms with Crippen LogP contribution in [0.3, 0.4) is 0 Å². The molecule has 1 amide bonds. The van der Waals surface area contributed by atoms with Crippen molar-refractivity contribution in [1.82, 2.24) is 5.32 Å². The zero-order valence-electron chi connectivity index (χ0n) is 10.7. The minimum atomic E-state index is -1.28. The second-order valence-corrected chi connectivity index (χ2v) is 5.76. The molecule has 104 valence electrons. The largest absolute Gasteiger partial charge is 0.480 e. The van der Waals surface area contributed by atoms with Gasteiger partial charge in [-0.3, -0.25) is 9.00 Å². The molecular weight excluding hydrogens is 266 g/mol. The molecule has 0 aliphatic rings. The van der Waals surface area contributed by atoms with Crippen molar-refractivity contribution in [3.05, 3.63) is 35.9 Å². The lowest BCUT2D eigenvalue weighted by atomic mass is 10.2. The maximum Gasteiger partial charge on any atom is 0.327 e. The molecule has 0 heterocycles. The quantitative estimate of drug-likeness (QED) is 0.766. The van der Waals surface area contributed by atoms with Crippen LogP contribution in [-0.4, -0.2) is 38.7 Å². The lowest BCUT2D eigenvalue weighted by Crippen LogP contribution is -2.43. The number of carboxylic acid groups (broad SMARTS) is 1. The number of carbonyl (C=O) groups is 2. The van der Waals surface area contributed by atoms with Crippen molar-refractivity contribution in [2.24, 2.45) is 0 Å². The van der Waals surface area contributed by atoms with Crippen LogP contribution in [0.15, 0.2) is 30.3 Å². The molecule has 6 heteroatoms. The fourth-order valence-electron chi connectivity index (χ4n) is 1.57. The Hall–Kier alpha value is -1.69. The lowest BCUT2D eigenvalue weighted by molar-refractivity contribution is -0.140. The third-order valence-electron chi connectivity index (χ3n) is 2.49. The first-order valence-electron chi connectivity index (χ1n) is 5.88. The number of carboxylic acids is 1. The number of carbonyl (C=O) groups excluding carboxylic acids is 1. The number of benzene rings is 1. The normalized spacial score (nSPS) is 13.5. The second kappa shape index (κ2) is 7.68. The minimum Gasteiger partial charge on any atom is -0.480 e. The first kappa shape index (κ1) is 15.4. The molecule has 0 aliphatic carbocycles. The van der Waals surface area contributed by atoms with E-state index >= 15 is 0 Å². The maximum atomic E-state index is 11.8. The van der Waals surface area contributed by atoms with Gasteiger partial charge in [-0.2, -0.15) is 0 Å². The number of rotatable bonds is 7. The van der Waals surface area contributed by atoms with Gasteiger partial charge >= 0.3 is 5.97 Å². The molecule has 2 atom stereocenters. The smallest absolute Gasteiger partial charge is 0.327 e. The van der Waals surface area contributed by atoms with E-state index in [0.717, 1.165) is 5.56 Å². The van der Waals surface area contributed by atoms with Crippen molar-refractivity contribution in [3.63, 3.8) is 0 Å². The second-order valence-electron chi connectivity index (χ2n) is 4.14. The number of aliphatic carboxylic acids is 1. The van der Waals surface area contributed by atoms with Gasteiger partial charge in [-0.1, -0.05) is 30.3 Å². The van der Waals surface area contributed by atoms with E-state index in [1.54, 1.807) is 0 Å². The van der Waals surface area contributed by atoms with E-state index in [9.17, 15) is 13.8 Å². The van der Waals surface area contributed by atoms with Crippen LogP contribution >= 0.6 is 0 Å². The van der Waals surface area contributed by atoms with Crippen LogP contribution in [0.1, 0.15) is 12.5 Å². The maximum absolute atomic E-state index is 11.8. The Morgan fingerprint density at radius 1 is 1.32 bits per heavy atom. The van der Waals surface area contributed by atoms with E-state index in [4.69, 9.17) is 5.11 Å². The van der Waals surface area contributed by atoms with Gasteiger partial charge in [-0.15, -0.1) is 0 Å². The van der Waals surface area contributed by atoms with Crippen LogP contribution in [0.5, 0.6) is 0 Å². The molecular formula is C13H17NO4S. The van der Waals surface area contributed by atoms with Crippen molar-refractivity contribution in [2.45, 2.75) is 19.4 Å². The molecule has 2 unspecified atom stereocenters. The highest BCUT2D eigenvalue weighted by atomic mass is 32.2. The third-order valence-corrected chi connectivity index (χ3v) is 3.85. The van der Waals surface area contributed by atoms with Gasteiger partial charge in [0.05, 0.1) is 5.75 Å². The lowest BCUT2D eigenvalue weighted by Gasteiger charge is -2.12. The van der Waals surface area contributed by atoms with E-state index in [2.05, 4.69) is 5.32 Å². The SMILES string of the molecule is CC(=O)NC(CS(=O)CCc1ccccc1)C(=O)O. The zero-order valence-corrected chi connectivity index (χ0v) is 11.5. The number of hydrogen-bond acceptors (Lipinski definition) is 3. The number of aryl methyl sites for hydroxylation is 1. The van der Waals surface area contributed by atoms with Gasteiger partial charge in [0.25, 0.3) is 0 Å². The molecule has 0 fully saturated rings. The Labute approximate surface area is 114 Å². The standard InChI is InChI=1S/C13H17NO4S/c1-10(15)14-12(13(16)17)9-19(18)8-7-11-5-3-2-4-6-11/h2-6,12H,7-9H2,1H3,(H,14,15)(H,16,17). The molecule has 0 aromatic heterocycles. The molecule has 1 aromatic rings. The number of amides is 1. The van der Waals surface area contributed by atoms with Crippen molar-refractivity contribution in [2.75, 3.05) is 11.5 Å². The summed E-state index contributed by atoms with van der Waals surface area (Å²) in [5.41, 5.74) is 1.06. The van der Waals surface area contributed by atoms with Crippen LogP contribution in [-0.2, 0) is 26.8 Å². The Morgan fingerprint density at radius 2 is 1.95 bits per heavy atom. The predicted molar refractivity (Wildman–Crippen MR) is 73.3 cm³/mol. The summed E-state index contributed by atoms with van der Waals surface area (Å²) in [5, 5.41) is 11.2. The summed E-state index contributed by atoms with van der Waals surface area (Å²) in [6, 6.07) is 8.47. The monoisotopic (exact) mass is 283 g/mol. The van der Waals surface area contributed by atoms with Gasteiger partial charge in [0, 0.05) is 23.5 Å². The highest BCUT2D eigenvalue weighted by Gasteiger charge is 2.20. The molecule has 0 spiro atoms. The fourth-order valence-corrected chi connectivity index (χ4v) is 2.79. The first-order valence-corrected chi connectivity index (χ1v) is 7.36. The molecule has 1 aromatic carbocycles. The van der Waals surface area contributed by atoms with E-state index in [0.29, 0.717) is 12.2 Å². The van der Waals surface area contributed by atoms with E-state index in [-0.39, 0.29) is 5.75 Å². The van der Waals surface area contributed by atoms with E-state index in [1.165, 1.54) is 6.92 Å². The molecule has 1 rings (SSSR count). The summed E-state index contributed by atoms with van der Waals surface area (Å²) < 4.78 is 11.8. The van der Waals surface area contributed by atoms with Gasteiger partial charge in [0.1, 0.15) is 6.04 Å². The molecule has 5 nitrogen and oxygen atoms in total. The molecule has 0 bridgehead atoms. The Morgan fingerprint density at radius 3 is 2.47 bits per heavy atom. The zero-order chi connectivity index (χ0) is 14.3. The molecule has 0 saturated carbocycles. The Bertz CT molecular complexity index is 461. The summed E-state index contributed by atoms with van der Waals surface area (Å²) in [5.74, 6) is -1.29. The highest BCUT2D eigenvalue weighted by Crippen LogP contribution is 2.01. The van der Waals surface area contributed by atoms with E-state index in [1.807, 2.05) is 30.3 Å². The number of hydrogen-bond donors (Lipinski definition) is 2. The van der Waals surface area contributed by atoms with Crippen molar-refractivity contribution >= 4 is 22.7 Å². The van der Waals surface area contributed by atoms with Crippen molar-refractivity contribution in [3.8, 4) is 0 Å². The van der Waals surface area contributed by atoms with E-state index < -0.39 is 28.7 Å². The first-order chi connectivity index (χ1) is 8.99. The summed E-state index contributed by atoms with van der Waals surface area (Å²) in [7, 11) is -1.28. The Kier molecular flexibility index (Phi) is 6.21. The predicted octanol–water partition coefficient (Wildman–Crippen LogP) is 0.567. The van der Waals surface area contributed by atoms with Crippen molar-refractivity contribution in [1.29, 1.82) is 0 Å².